The normalized spacial score (nSPS) is 10.0. The van der Waals surface area contributed by atoms with Gasteiger partial charge >= 0.3 is 0 Å². The molecule has 0 aromatic heterocycles. The van der Waals surface area contributed by atoms with Crippen molar-refractivity contribution >= 4 is 5.69 Å². The molecule has 0 unspecified atom stereocenters. The summed E-state index contributed by atoms with van der Waals surface area (Å²) < 4.78 is 10.3. The van der Waals surface area contributed by atoms with Crippen LogP contribution in [0, 0.1) is 0 Å². The largest absolute Gasteiger partial charge is 0.497 e. The van der Waals surface area contributed by atoms with E-state index < -0.39 is 0 Å². The third kappa shape index (κ3) is 2.18. The summed E-state index contributed by atoms with van der Waals surface area (Å²) in [5.74, 6) is 1.52. The molecule has 0 saturated heterocycles. The Morgan fingerprint density at radius 1 is 0.882 bits per heavy atom. The molecular formula is C14H15NO2. The SMILES string of the molecule is COc1ccc(-c2cccc(OC)c2N)cc1. The van der Waals surface area contributed by atoms with E-state index in [1.165, 1.54) is 0 Å². The number of hydrogen-bond donors (Lipinski definition) is 1. The summed E-state index contributed by atoms with van der Waals surface area (Å²) >= 11 is 0. The van der Waals surface area contributed by atoms with Crippen molar-refractivity contribution in [2.45, 2.75) is 0 Å². The van der Waals surface area contributed by atoms with E-state index in [2.05, 4.69) is 0 Å². The lowest BCUT2D eigenvalue weighted by Crippen LogP contribution is -1.95. The molecule has 3 heteroatoms. The number of hydrogen-bond acceptors (Lipinski definition) is 3. The smallest absolute Gasteiger partial charge is 0.142 e. The first-order chi connectivity index (χ1) is 8.26. The van der Waals surface area contributed by atoms with Gasteiger partial charge in [-0.15, -0.1) is 0 Å². The highest BCUT2D eigenvalue weighted by atomic mass is 16.5. The third-order valence-electron chi connectivity index (χ3n) is 2.69. The van der Waals surface area contributed by atoms with Crippen molar-refractivity contribution < 1.29 is 9.47 Å². The fourth-order valence-electron chi connectivity index (χ4n) is 1.74. The fourth-order valence-corrected chi connectivity index (χ4v) is 1.74. The zero-order chi connectivity index (χ0) is 12.3. The summed E-state index contributed by atoms with van der Waals surface area (Å²) in [4.78, 5) is 0. The van der Waals surface area contributed by atoms with E-state index in [1.54, 1.807) is 14.2 Å². The van der Waals surface area contributed by atoms with Crippen molar-refractivity contribution in [1.29, 1.82) is 0 Å². The van der Waals surface area contributed by atoms with Crippen molar-refractivity contribution in [1.82, 2.24) is 0 Å². The van der Waals surface area contributed by atoms with Crippen LogP contribution in [-0.4, -0.2) is 14.2 Å². The number of para-hydroxylation sites is 1. The van der Waals surface area contributed by atoms with Crippen LogP contribution in [0.25, 0.3) is 11.1 Å². The molecule has 2 aromatic rings. The predicted octanol–water partition coefficient (Wildman–Crippen LogP) is 2.95. The Labute approximate surface area is 101 Å². The molecule has 0 aliphatic rings. The molecule has 0 aliphatic carbocycles. The summed E-state index contributed by atoms with van der Waals surface area (Å²) in [6, 6.07) is 13.5. The van der Waals surface area contributed by atoms with Crippen LogP contribution in [0.2, 0.25) is 0 Å². The van der Waals surface area contributed by atoms with E-state index >= 15 is 0 Å². The minimum Gasteiger partial charge on any atom is -0.497 e. The van der Waals surface area contributed by atoms with Gasteiger partial charge in [-0.1, -0.05) is 24.3 Å². The predicted molar refractivity (Wildman–Crippen MR) is 69.4 cm³/mol. The molecule has 0 spiro atoms. The Bertz CT molecular complexity index is 506. The molecule has 17 heavy (non-hydrogen) atoms. The third-order valence-corrected chi connectivity index (χ3v) is 2.69. The lowest BCUT2D eigenvalue weighted by atomic mass is 10.0. The molecule has 0 atom stereocenters. The first-order valence-corrected chi connectivity index (χ1v) is 5.33. The van der Waals surface area contributed by atoms with Gasteiger partial charge in [0, 0.05) is 5.56 Å². The second-order valence-electron chi connectivity index (χ2n) is 3.65. The average molecular weight is 229 g/mol. The zero-order valence-electron chi connectivity index (χ0n) is 9.94. The molecule has 2 N–H and O–H groups in total. The minimum absolute atomic E-state index is 0.653. The van der Waals surface area contributed by atoms with Gasteiger partial charge in [-0.25, -0.2) is 0 Å². The molecule has 0 amide bonds. The van der Waals surface area contributed by atoms with Gasteiger partial charge in [-0.2, -0.15) is 0 Å². The molecule has 2 aromatic carbocycles. The van der Waals surface area contributed by atoms with Crippen molar-refractivity contribution in [3.05, 3.63) is 42.5 Å². The molecule has 0 heterocycles. The Hall–Kier alpha value is -2.16. The van der Waals surface area contributed by atoms with E-state index in [-0.39, 0.29) is 0 Å². The van der Waals surface area contributed by atoms with Gasteiger partial charge in [0.05, 0.1) is 19.9 Å². The van der Waals surface area contributed by atoms with Gasteiger partial charge in [-0.3, -0.25) is 0 Å². The molecule has 3 nitrogen and oxygen atoms in total. The molecule has 2 rings (SSSR count). The number of nitrogens with two attached hydrogens (primary N) is 1. The van der Waals surface area contributed by atoms with E-state index in [1.807, 2.05) is 42.5 Å². The van der Waals surface area contributed by atoms with Gasteiger partial charge in [0.2, 0.25) is 0 Å². The molecular weight excluding hydrogens is 214 g/mol. The van der Waals surface area contributed by atoms with Crippen LogP contribution in [0.3, 0.4) is 0 Å². The second-order valence-corrected chi connectivity index (χ2v) is 3.65. The quantitative estimate of drug-likeness (QED) is 0.823. The number of anilines is 1. The van der Waals surface area contributed by atoms with Crippen LogP contribution in [0.1, 0.15) is 0 Å². The number of benzene rings is 2. The van der Waals surface area contributed by atoms with Crippen LogP contribution < -0.4 is 15.2 Å². The van der Waals surface area contributed by atoms with E-state index in [0.29, 0.717) is 11.4 Å². The summed E-state index contributed by atoms with van der Waals surface area (Å²) in [5.41, 5.74) is 8.70. The monoisotopic (exact) mass is 229 g/mol. The Morgan fingerprint density at radius 3 is 2.18 bits per heavy atom. The number of methoxy groups -OCH3 is 2. The highest BCUT2D eigenvalue weighted by Gasteiger charge is 2.07. The zero-order valence-corrected chi connectivity index (χ0v) is 9.94. The van der Waals surface area contributed by atoms with Crippen LogP contribution in [0.4, 0.5) is 5.69 Å². The first kappa shape index (κ1) is 11.3. The van der Waals surface area contributed by atoms with Crippen molar-refractivity contribution in [3.63, 3.8) is 0 Å². The van der Waals surface area contributed by atoms with Gasteiger partial charge in [0.25, 0.3) is 0 Å². The topological polar surface area (TPSA) is 44.5 Å². The maximum atomic E-state index is 6.04. The maximum Gasteiger partial charge on any atom is 0.142 e. The Balaban J connectivity index is 2.45. The lowest BCUT2D eigenvalue weighted by molar-refractivity contribution is 0.415. The van der Waals surface area contributed by atoms with Crippen molar-refractivity contribution in [2.24, 2.45) is 0 Å². The van der Waals surface area contributed by atoms with E-state index in [9.17, 15) is 0 Å². The second kappa shape index (κ2) is 4.78. The summed E-state index contributed by atoms with van der Waals surface area (Å²) in [6.45, 7) is 0. The number of rotatable bonds is 3. The van der Waals surface area contributed by atoms with E-state index in [4.69, 9.17) is 15.2 Å². The standard InChI is InChI=1S/C14H15NO2/c1-16-11-8-6-10(7-9-11)12-4-3-5-13(17-2)14(12)15/h3-9H,15H2,1-2H3. The average Bonchev–Trinajstić information content (AvgIpc) is 2.39. The number of ether oxygens (including phenoxy) is 2. The summed E-state index contributed by atoms with van der Waals surface area (Å²) in [5, 5.41) is 0. The van der Waals surface area contributed by atoms with Crippen LogP contribution in [-0.2, 0) is 0 Å². The molecule has 0 bridgehead atoms. The Kier molecular flexibility index (Phi) is 3.19. The molecule has 88 valence electrons. The van der Waals surface area contributed by atoms with Crippen molar-refractivity contribution in [3.8, 4) is 22.6 Å². The van der Waals surface area contributed by atoms with Crippen molar-refractivity contribution in [2.75, 3.05) is 20.0 Å². The van der Waals surface area contributed by atoms with Gasteiger partial charge in [0.15, 0.2) is 0 Å². The first-order valence-electron chi connectivity index (χ1n) is 5.33. The molecule has 0 fully saturated rings. The van der Waals surface area contributed by atoms with Gasteiger partial charge in [0.1, 0.15) is 11.5 Å². The van der Waals surface area contributed by atoms with Gasteiger partial charge in [-0.05, 0) is 23.8 Å². The highest BCUT2D eigenvalue weighted by Crippen LogP contribution is 2.33. The number of nitrogen functional groups attached to an aromatic ring is 1. The minimum atomic E-state index is 0.653. The molecule has 0 aliphatic heterocycles. The molecule has 0 saturated carbocycles. The van der Waals surface area contributed by atoms with Crippen LogP contribution >= 0.6 is 0 Å². The summed E-state index contributed by atoms with van der Waals surface area (Å²) in [6.07, 6.45) is 0. The van der Waals surface area contributed by atoms with Gasteiger partial charge < -0.3 is 15.2 Å². The summed E-state index contributed by atoms with van der Waals surface area (Å²) in [7, 11) is 3.26. The lowest BCUT2D eigenvalue weighted by Gasteiger charge is -2.10. The van der Waals surface area contributed by atoms with Crippen LogP contribution in [0.15, 0.2) is 42.5 Å². The maximum absolute atomic E-state index is 6.04. The van der Waals surface area contributed by atoms with Crippen LogP contribution in [0.5, 0.6) is 11.5 Å². The molecule has 0 radical (unpaired) electrons. The highest BCUT2D eigenvalue weighted by molar-refractivity contribution is 5.80. The Morgan fingerprint density at radius 2 is 1.59 bits per heavy atom. The fraction of sp³-hybridized carbons (Fsp3) is 0.143. The van der Waals surface area contributed by atoms with E-state index in [0.717, 1.165) is 16.9 Å².